The fourth-order valence-corrected chi connectivity index (χ4v) is 4.66. The zero-order chi connectivity index (χ0) is 31.8. The Morgan fingerprint density at radius 2 is 0.878 bits per heavy atom. The van der Waals surface area contributed by atoms with Crippen molar-refractivity contribution >= 4 is 11.7 Å². The van der Waals surface area contributed by atoms with Crippen molar-refractivity contribution in [1.29, 1.82) is 0 Å². The molecule has 250 valence electrons. The Morgan fingerprint density at radius 1 is 0.512 bits per heavy atom. The van der Waals surface area contributed by atoms with Crippen molar-refractivity contribution in [2.24, 2.45) is 0 Å². The third kappa shape index (κ3) is 43.7. The second kappa shape index (κ2) is 46.1. The molecule has 0 fully saturated rings. The molecule has 41 heavy (non-hydrogen) atoms. The van der Waals surface area contributed by atoms with Gasteiger partial charge in [-0.2, -0.15) is 0 Å². The summed E-state index contributed by atoms with van der Waals surface area (Å²) in [6.07, 6.45) is 29.8. The largest absolute Gasteiger partial charge is 0.356 e. The first-order chi connectivity index (χ1) is 20.1. The van der Waals surface area contributed by atoms with Crippen LogP contribution in [-0.4, -0.2) is 31.3 Å². The number of Topliss-reactive ketones (excluding diaryl/α,β-unsaturated/α-hetero) is 1. The number of likely N-dealkylation sites (N-methyl/N-ethyl adjacent to an activating group) is 1. The van der Waals surface area contributed by atoms with Crippen LogP contribution in [0.25, 0.3) is 0 Å². The van der Waals surface area contributed by atoms with E-state index in [9.17, 15) is 9.59 Å². The first-order valence-corrected chi connectivity index (χ1v) is 18.5. The molecule has 0 aliphatic carbocycles. The van der Waals surface area contributed by atoms with Gasteiger partial charge in [0.15, 0.2) is 0 Å². The summed E-state index contributed by atoms with van der Waals surface area (Å²) in [5, 5.41) is 6.10. The summed E-state index contributed by atoms with van der Waals surface area (Å²) in [5.41, 5.74) is 0. The first-order valence-electron chi connectivity index (χ1n) is 18.5. The van der Waals surface area contributed by atoms with Gasteiger partial charge in [-0.05, 0) is 32.7 Å². The molecule has 4 nitrogen and oxygen atoms in total. The van der Waals surface area contributed by atoms with E-state index in [4.69, 9.17) is 0 Å². The fourth-order valence-electron chi connectivity index (χ4n) is 4.66. The van der Waals surface area contributed by atoms with Crippen molar-refractivity contribution in [3.63, 3.8) is 0 Å². The van der Waals surface area contributed by atoms with Gasteiger partial charge in [-0.15, -0.1) is 0 Å². The first kappa shape index (κ1) is 47.0. The van der Waals surface area contributed by atoms with Gasteiger partial charge < -0.3 is 10.6 Å². The van der Waals surface area contributed by atoms with Crippen molar-refractivity contribution in [1.82, 2.24) is 10.6 Å². The van der Waals surface area contributed by atoms with Crippen LogP contribution in [-0.2, 0) is 9.59 Å². The highest BCUT2D eigenvalue weighted by atomic mass is 16.1. The molecule has 0 aromatic carbocycles. The lowest BCUT2D eigenvalue weighted by Crippen LogP contribution is -2.33. The summed E-state index contributed by atoms with van der Waals surface area (Å²) in [4.78, 5) is 23.6. The fraction of sp³-hybridized carbons (Fsp3) is 0.946. The predicted octanol–water partition coefficient (Wildman–Crippen LogP) is 11.7. The van der Waals surface area contributed by atoms with Crippen LogP contribution >= 0.6 is 0 Å². The van der Waals surface area contributed by atoms with Crippen LogP contribution in [0.2, 0.25) is 0 Å². The monoisotopic (exact) mass is 585 g/mol. The third-order valence-electron chi connectivity index (χ3n) is 7.29. The maximum atomic E-state index is 11.9. The third-order valence-corrected chi connectivity index (χ3v) is 7.29. The molecule has 0 saturated carbocycles. The summed E-state index contributed by atoms with van der Waals surface area (Å²) in [6, 6.07) is -0.0264. The summed E-state index contributed by atoms with van der Waals surface area (Å²) < 4.78 is 0. The van der Waals surface area contributed by atoms with Crippen LogP contribution in [0.1, 0.15) is 209 Å². The minimum Gasteiger partial charge on any atom is -0.356 e. The van der Waals surface area contributed by atoms with E-state index in [-0.39, 0.29) is 17.7 Å². The lowest BCUT2D eigenvalue weighted by atomic mass is 10.0. The Bertz CT molecular complexity index is 462. The highest BCUT2D eigenvalue weighted by Gasteiger charge is 2.13. The molecule has 0 heterocycles. The highest BCUT2D eigenvalue weighted by molar-refractivity contribution is 5.83. The van der Waals surface area contributed by atoms with E-state index in [1.807, 2.05) is 41.7 Å². The number of hydrogen-bond donors (Lipinski definition) is 2. The molecule has 2 N–H and O–H groups in total. The molecule has 0 saturated heterocycles. The second-order valence-electron chi connectivity index (χ2n) is 10.9. The molecule has 0 aromatic heterocycles. The van der Waals surface area contributed by atoms with Gasteiger partial charge in [0.05, 0.1) is 6.04 Å². The van der Waals surface area contributed by atoms with Gasteiger partial charge in [-0.3, -0.25) is 9.59 Å². The van der Waals surface area contributed by atoms with Crippen molar-refractivity contribution in [3.8, 4) is 0 Å². The average molecular weight is 585 g/mol. The van der Waals surface area contributed by atoms with Crippen molar-refractivity contribution in [2.75, 3.05) is 13.6 Å². The van der Waals surface area contributed by atoms with E-state index >= 15 is 0 Å². The van der Waals surface area contributed by atoms with E-state index < -0.39 is 0 Å². The van der Waals surface area contributed by atoms with Crippen LogP contribution in [0.15, 0.2) is 0 Å². The maximum absolute atomic E-state index is 11.9. The van der Waals surface area contributed by atoms with E-state index in [2.05, 4.69) is 31.4 Å². The van der Waals surface area contributed by atoms with Crippen LogP contribution in [0.5, 0.6) is 0 Å². The normalized spacial score (nSPS) is 10.8. The van der Waals surface area contributed by atoms with Gasteiger partial charge in [-0.25, -0.2) is 0 Å². The molecular formula is C37H80N2O2. The quantitative estimate of drug-likeness (QED) is 0.0944. The standard InChI is InChI=1S/C25H50N2O2.C8H18.2C2H6/c1-4-6-7-8-9-10-11-12-13-14-15-16-17-21-25(29)27-22-19-18-20-23(26-3)24(28)5-2;1-3-5-7-8-6-4-2;2*1-2/h23,26H,4-22H2,1-3H3,(H,27,29);3-8H2,1-2H3;2*1-2H3. The minimum absolute atomic E-state index is 0.0264. The molecule has 0 bridgehead atoms. The molecule has 0 radical (unpaired) electrons. The van der Waals surface area contributed by atoms with Crippen LogP contribution in [0, 0.1) is 0 Å². The lowest BCUT2D eigenvalue weighted by molar-refractivity contribution is -0.122. The molecule has 0 aliphatic rings. The zero-order valence-corrected chi connectivity index (χ0v) is 30.1. The van der Waals surface area contributed by atoms with E-state index in [0.29, 0.717) is 12.8 Å². The number of unbranched alkanes of at least 4 members (excludes halogenated alkanes) is 18. The lowest BCUT2D eigenvalue weighted by Gasteiger charge is -2.13. The smallest absolute Gasteiger partial charge is 0.219 e. The Hall–Kier alpha value is -0.900. The number of ketones is 1. The minimum atomic E-state index is -0.0264. The van der Waals surface area contributed by atoms with Crippen molar-refractivity contribution in [2.45, 2.75) is 216 Å². The second-order valence-corrected chi connectivity index (χ2v) is 10.9. The molecule has 0 spiro atoms. The number of nitrogens with one attached hydrogen (secondary N) is 2. The number of amides is 1. The molecule has 4 heteroatoms. The van der Waals surface area contributed by atoms with Gasteiger partial charge in [0.25, 0.3) is 0 Å². The van der Waals surface area contributed by atoms with Crippen molar-refractivity contribution < 1.29 is 9.59 Å². The average Bonchev–Trinajstić information content (AvgIpc) is 3.01. The van der Waals surface area contributed by atoms with Crippen LogP contribution < -0.4 is 10.6 Å². The van der Waals surface area contributed by atoms with Gasteiger partial charge in [0.2, 0.25) is 5.91 Å². The van der Waals surface area contributed by atoms with E-state index in [1.54, 1.807) is 0 Å². The molecule has 1 atom stereocenters. The highest BCUT2D eigenvalue weighted by Crippen LogP contribution is 2.13. The van der Waals surface area contributed by atoms with Crippen LogP contribution in [0.4, 0.5) is 0 Å². The van der Waals surface area contributed by atoms with E-state index in [0.717, 1.165) is 32.2 Å². The summed E-state index contributed by atoms with van der Waals surface area (Å²) >= 11 is 0. The molecule has 0 aromatic rings. The number of carbonyl (C=O) groups excluding carboxylic acids is 2. The summed E-state index contributed by atoms with van der Waals surface area (Å²) in [6.45, 7) is 17.4. The van der Waals surface area contributed by atoms with Gasteiger partial charge in [-0.1, -0.05) is 171 Å². The van der Waals surface area contributed by atoms with Gasteiger partial charge in [0, 0.05) is 19.4 Å². The van der Waals surface area contributed by atoms with Gasteiger partial charge in [0.1, 0.15) is 5.78 Å². The van der Waals surface area contributed by atoms with Crippen LogP contribution in [0.3, 0.4) is 0 Å². The SMILES string of the molecule is CC.CC.CCCCCCCC.CCCCCCCCCCCCCCCC(=O)NCCCCC(NC)C(=O)CC. The molecule has 0 rings (SSSR count). The molecule has 1 unspecified atom stereocenters. The Balaban J connectivity index is -0.000000480. The molecule has 1 amide bonds. The zero-order valence-electron chi connectivity index (χ0n) is 30.1. The Labute approximate surface area is 260 Å². The maximum Gasteiger partial charge on any atom is 0.219 e. The molecule has 0 aliphatic heterocycles. The number of carbonyl (C=O) groups is 2. The Kier molecular flexibility index (Phi) is 52.9. The number of rotatable bonds is 27. The topological polar surface area (TPSA) is 58.2 Å². The van der Waals surface area contributed by atoms with Gasteiger partial charge >= 0.3 is 0 Å². The summed E-state index contributed by atoms with van der Waals surface area (Å²) in [5.74, 6) is 0.460. The van der Waals surface area contributed by atoms with E-state index in [1.165, 1.54) is 116 Å². The van der Waals surface area contributed by atoms with Crippen molar-refractivity contribution in [3.05, 3.63) is 0 Å². The predicted molar refractivity (Wildman–Crippen MR) is 187 cm³/mol. The summed E-state index contributed by atoms with van der Waals surface area (Å²) in [7, 11) is 1.84. The Morgan fingerprint density at radius 3 is 1.22 bits per heavy atom. The molecular weight excluding hydrogens is 504 g/mol. The number of hydrogen-bond acceptors (Lipinski definition) is 3.